The Kier molecular flexibility index (Phi) is 8.62. The van der Waals surface area contributed by atoms with Crippen LogP contribution in [0.25, 0.3) is 6.08 Å². The van der Waals surface area contributed by atoms with Gasteiger partial charge in [-0.05, 0) is 103 Å². The van der Waals surface area contributed by atoms with Gasteiger partial charge in [-0.2, -0.15) is 32.2 Å². The molecule has 234 valence electrons. The zero-order valence-electron chi connectivity index (χ0n) is 23.7. The number of nitrogens with one attached hydrogen (secondary N) is 2. The van der Waals surface area contributed by atoms with E-state index < -0.39 is 42.5 Å². The van der Waals surface area contributed by atoms with Crippen LogP contribution in [0.2, 0.25) is 0 Å². The van der Waals surface area contributed by atoms with E-state index in [0.29, 0.717) is 28.2 Å². The number of amides is 1. The molecule has 1 aliphatic carbocycles. The summed E-state index contributed by atoms with van der Waals surface area (Å²) in [5.41, 5.74) is 10.5. The van der Waals surface area contributed by atoms with E-state index in [4.69, 9.17) is 5.73 Å². The second-order valence-electron chi connectivity index (χ2n) is 9.94. The molecular weight excluding hydrogens is 636 g/mol. The molecule has 0 aliphatic heterocycles. The highest BCUT2D eigenvalue weighted by molar-refractivity contribution is 7.91. The van der Waals surface area contributed by atoms with Crippen molar-refractivity contribution in [2.24, 2.45) is 15.3 Å². The largest absolute Gasteiger partial charge is 0.399 e. The van der Waals surface area contributed by atoms with Gasteiger partial charge in [0.25, 0.3) is 26.1 Å². The van der Waals surface area contributed by atoms with E-state index in [1.165, 1.54) is 54.6 Å². The molecule has 6 N–H and O–H groups in total. The lowest BCUT2D eigenvalue weighted by molar-refractivity contribution is 0.102. The number of carbonyl (C=O) groups is 2. The summed E-state index contributed by atoms with van der Waals surface area (Å²) < 4.78 is 66.4. The number of hydrazone groups is 1. The van der Waals surface area contributed by atoms with Crippen molar-refractivity contribution in [3.63, 3.8) is 0 Å². The number of aryl methyl sites for hydroxylation is 1. The van der Waals surface area contributed by atoms with Crippen LogP contribution in [-0.4, -0.2) is 43.3 Å². The summed E-state index contributed by atoms with van der Waals surface area (Å²) in [7, 11) is -9.32. The minimum Gasteiger partial charge on any atom is -0.399 e. The van der Waals surface area contributed by atoms with Crippen molar-refractivity contribution in [1.29, 1.82) is 0 Å². The molecule has 5 rings (SSSR count). The fourth-order valence-electron chi connectivity index (χ4n) is 4.33. The molecule has 16 heteroatoms. The Morgan fingerprint density at radius 3 is 2.22 bits per heavy atom. The molecule has 1 amide bonds. The highest BCUT2D eigenvalue weighted by atomic mass is 32.2. The van der Waals surface area contributed by atoms with Gasteiger partial charge in [-0.1, -0.05) is 6.07 Å². The molecule has 0 atom stereocenters. The number of rotatable bonds is 8. The van der Waals surface area contributed by atoms with Crippen LogP contribution in [0.3, 0.4) is 0 Å². The third-order valence-electron chi connectivity index (χ3n) is 6.62. The summed E-state index contributed by atoms with van der Waals surface area (Å²) in [5.74, 6) is -1.25. The van der Waals surface area contributed by atoms with Crippen LogP contribution >= 0.6 is 0 Å². The molecule has 0 bridgehead atoms. The highest BCUT2D eigenvalue weighted by Gasteiger charge is 2.33. The van der Waals surface area contributed by atoms with Crippen LogP contribution in [0.15, 0.2) is 110 Å². The Morgan fingerprint density at radius 1 is 0.826 bits per heavy atom. The molecule has 0 aromatic heterocycles. The monoisotopic (exact) mass is 660 g/mol. The van der Waals surface area contributed by atoms with Crippen molar-refractivity contribution in [2.45, 2.75) is 11.8 Å². The third kappa shape index (κ3) is 7.22. The van der Waals surface area contributed by atoms with Gasteiger partial charge in [0.15, 0.2) is 5.71 Å². The summed E-state index contributed by atoms with van der Waals surface area (Å²) >= 11 is 0. The van der Waals surface area contributed by atoms with Crippen molar-refractivity contribution < 1.29 is 35.5 Å². The minimum atomic E-state index is -4.91. The van der Waals surface area contributed by atoms with E-state index in [0.717, 1.165) is 12.1 Å². The lowest BCUT2D eigenvalue weighted by Gasteiger charge is -2.17. The molecule has 4 aromatic rings. The number of hydrogen-bond donors (Lipinski definition) is 5. The fourth-order valence-corrected chi connectivity index (χ4v) is 5.51. The van der Waals surface area contributed by atoms with Gasteiger partial charge in [-0.3, -0.25) is 24.1 Å². The van der Waals surface area contributed by atoms with Crippen LogP contribution in [0.4, 0.5) is 28.4 Å². The number of nitrogen functional groups attached to an aromatic ring is 1. The predicted octanol–water partition coefficient (Wildman–Crippen LogP) is 5.38. The van der Waals surface area contributed by atoms with Crippen molar-refractivity contribution >= 4 is 72.2 Å². The first kappa shape index (κ1) is 31.9. The summed E-state index contributed by atoms with van der Waals surface area (Å²) in [6.45, 7) is 1.69. The molecule has 14 nitrogen and oxygen atoms in total. The number of fused-ring (bicyclic) bond motifs is 1. The Morgan fingerprint density at radius 2 is 1.54 bits per heavy atom. The maximum atomic E-state index is 13.3. The van der Waals surface area contributed by atoms with Crippen molar-refractivity contribution in [2.75, 3.05) is 16.5 Å². The molecule has 0 heterocycles. The average Bonchev–Trinajstić information content (AvgIpc) is 2.99. The summed E-state index contributed by atoms with van der Waals surface area (Å²) in [6.07, 6.45) is 1.08. The van der Waals surface area contributed by atoms with E-state index in [9.17, 15) is 35.5 Å². The number of anilines is 3. The van der Waals surface area contributed by atoms with Crippen LogP contribution in [0, 0.1) is 6.92 Å². The molecule has 0 saturated carbocycles. The number of carbonyl (C=O) groups excluding carboxylic acids is 2. The fraction of sp³-hybridized carbons (Fsp3) is 0.0333. The second-order valence-corrected chi connectivity index (χ2v) is 12.7. The summed E-state index contributed by atoms with van der Waals surface area (Å²) in [5, 5.41) is 14.7. The lowest BCUT2D eigenvalue weighted by Crippen LogP contribution is -2.27. The van der Waals surface area contributed by atoms with Gasteiger partial charge in [0.05, 0.1) is 22.0 Å². The number of nitrogens with zero attached hydrogens (tertiary/aromatic N) is 3. The highest BCUT2D eigenvalue weighted by Crippen LogP contribution is 2.30. The predicted molar refractivity (Wildman–Crippen MR) is 172 cm³/mol. The number of allylic oxidation sites excluding steroid dienone is 1. The van der Waals surface area contributed by atoms with E-state index in [1.807, 2.05) is 0 Å². The smallest absolute Gasteiger partial charge is 0.296 e. The normalized spacial score (nSPS) is 14.2. The number of Topliss-reactive ketones (excluding diaryl/α,β-unsaturated/α-hetero) is 1. The second kappa shape index (κ2) is 12.4. The molecular formula is C30H24N6O8S2. The Hall–Kier alpha value is -5.55. The molecule has 0 unspecified atom stereocenters. The quantitative estimate of drug-likeness (QED) is 0.0700. The van der Waals surface area contributed by atoms with Crippen molar-refractivity contribution in [1.82, 2.24) is 0 Å². The molecule has 4 aromatic carbocycles. The first-order valence-corrected chi connectivity index (χ1v) is 16.1. The van der Waals surface area contributed by atoms with Crippen molar-refractivity contribution in [3.05, 3.63) is 112 Å². The molecule has 46 heavy (non-hydrogen) atoms. The first-order valence-electron chi connectivity index (χ1n) is 13.2. The molecule has 0 saturated heterocycles. The molecule has 0 radical (unpaired) electrons. The SMILES string of the molecule is Cc1cc(NN=C2C(=O)c3ccc(NC(=O)c4ccc(N)cc4)cc3C=C2S(=O)(=O)O)ccc1N=Nc1cccc(S(=O)(=O)O)c1. The van der Waals surface area contributed by atoms with Gasteiger partial charge in [-0.25, -0.2) is 0 Å². The zero-order chi connectivity index (χ0) is 33.2. The molecule has 0 fully saturated rings. The van der Waals surface area contributed by atoms with Gasteiger partial charge in [-0.15, -0.1) is 0 Å². The summed E-state index contributed by atoms with van der Waals surface area (Å²) in [4.78, 5) is 24.9. The first-order chi connectivity index (χ1) is 21.7. The van der Waals surface area contributed by atoms with Crippen LogP contribution in [-0.2, 0) is 20.2 Å². The van der Waals surface area contributed by atoms with E-state index in [2.05, 4.69) is 26.1 Å². The maximum absolute atomic E-state index is 13.3. The standard InChI is InChI=1S/C30H24N6O8S2/c1-17-13-23(10-12-26(17)35-33-22-3-2-4-24(16-22)45(39,40)41)34-36-28-27(46(42,43)44)15-19-14-21(9-11-25(19)29(28)37)32-30(38)18-5-7-20(31)8-6-18/h2-16,34H,31H2,1H3,(H,32,38)(H,39,40,41)(H,42,43,44). The van der Waals surface area contributed by atoms with Crippen LogP contribution in [0.1, 0.15) is 31.8 Å². The Bertz CT molecular complexity index is 2210. The van der Waals surface area contributed by atoms with Crippen LogP contribution in [0.5, 0.6) is 0 Å². The topological polar surface area (TPSA) is 230 Å². The van der Waals surface area contributed by atoms with Gasteiger partial charge < -0.3 is 11.1 Å². The number of nitrogens with two attached hydrogens (primary N) is 1. The minimum absolute atomic E-state index is 0.0865. The van der Waals surface area contributed by atoms with E-state index in [-0.39, 0.29) is 27.4 Å². The van der Waals surface area contributed by atoms with E-state index >= 15 is 0 Å². The number of ketones is 1. The Labute approximate surface area is 262 Å². The Balaban J connectivity index is 1.37. The van der Waals surface area contributed by atoms with Gasteiger partial charge in [0.2, 0.25) is 5.78 Å². The van der Waals surface area contributed by atoms with Crippen molar-refractivity contribution in [3.8, 4) is 0 Å². The number of hydrogen-bond acceptors (Lipinski definition) is 11. The molecule has 0 spiro atoms. The molecule has 1 aliphatic rings. The zero-order valence-corrected chi connectivity index (χ0v) is 25.4. The third-order valence-corrected chi connectivity index (χ3v) is 8.34. The maximum Gasteiger partial charge on any atom is 0.296 e. The van der Waals surface area contributed by atoms with Crippen LogP contribution < -0.4 is 16.5 Å². The van der Waals surface area contributed by atoms with E-state index in [1.54, 1.807) is 31.2 Å². The van der Waals surface area contributed by atoms with Gasteiger partial charge in [0, 0.05) is 22.5 Å². The van der Waals surface area contributed by atoms with Gasteiger partial charge >= 0.3 is 0 Å². The lowest BCUT2D eigenvalue weighted by atomic mass is 9.94. The summed E-state index contributed by atoms with van der Waals surface area (Å²) in [6, 6.07) is 20.4. The number of azo groups is 1. The number of benzene rings is 4. The average molecular weight is 661 g/mol. The van der Waals surface area contributed by atoms with Gasteiger partial charge in [0.1, 0.15) is 4.91 Å².